The van der Waals surface area contributed by atoms with E-state index >= 15 is 0 Å². The summed E-state index contributed by atoms with van der Waals surface area (Å²) in [5.41, 5.74) is 0.343. The molecule has 3 heteroatoms. The lowest BCUT2D eigenvalue weighted by Gasteiger charge is -2.40. The van der Waals surface area contributed by atoms with Crippen molar-refractivity contribution in [2.45, 2.75) is 46.0 Å². The van der Waals surface area contributed by atoms with E-state index in [2.05, 4.69) is 31.1 Å². The van der Waals surface area contributed by atoms with E-state index in [1.165, 1.54) is 45.2 Å². The fourth-order valence-corrected chi connectivity index (χ4v) is 2.84. The van der Waals surface area contributed by atoms with Gasteiger partial charge in [0, 0.05) is 25.1 Å². The first-order valence-electron chi connectivity index (χ1n) is 7.69. The number of rotatable bonds is 9. The molecule has 0 radical (unpaired) electrons. The van der Waals surface area contributed by atoms with Crippen LogP contribution in [0.4, 0.5) is 0 Å². The summed E-state index contributed by atoms with van der Waals surface area (Å²) in [6.45, 7) is 11.0. The van der Waals surface area contributed by atoms with E-state index < -0.39 is 0 Å². The van der Waals surface area contributed by atoms with Gasteiger partial charge in [0.1, 0.15) is 0 Å². The van der Waals surface area contributed by atoms with Crippen LogP contribution in [0.5, 0.6) is 0 Å². The lowest BCUT2D eigenvalue weighted by molar-refractivity contribution is -0.0226. The van der Waals surface area contributed by atoms with Gasteiger partial charge in [-0.15, -0.1) is 0 Å². The molecule has 1 atom stereocenters. The molecule has 1 saturated heterocycles. The van der Waals surface area contributed by atoms with Gasteiger partial charge in [-0.2, -0.15) is 0 Å². The maximum absolute atomic E-state index is 5.75. The SMILES string of the molecule is CCCCN(C)CC1(CNCCC)CCCOC1. The van der Waals surface area contributed by atoms with Gasteiger partial charge in [0.15, 0.2) is 0 Å². The summed E-state index contributed by atoms with van der Waals surface area (Å²) >= 11 is 0. The van der Waals surface area contributed by atoms with Gasteiger partial charge in [-0.3, -0.25) is 0 Å². The van der Waals surface area contributed by atoms with E-state index in [1.54, 1.807) is 0 Å². The van der Waals surface area contributed by atoms with Crippen molar-refractivity contribution in [1.82, 2.24) is 10.2 Å². The standard InChI is InChI=1S/C15H32N2O/c1-4-6-10-17(3)13-15(12-16-9-5-2)8-7-11-18-14-15/h16H,4-14H2,1-3H3. The Morgan fingerprint density at radius 1 is 1.28 bits per heavy atom. The summed E-state index contributed by atoms with van der Waals surface area (Å²) in [5, 5.41) is 3.60. The predicted molar refractivity (Wildman–Crippen MR) is 78.1 cm³/mol. The Hall–Kier alpha value is -0.120. The highest BCUT2D eigenvalue weighted by Crippen LogP contribution is 2.29. The van der Waals surface area contributed by atoms with Crippen LogP contribution in [0.2, 0.25) is 0 Å². The highest BCUT2D eigenvalue weighted by molar-refractivity contribution is 4.86. The van der Waals surface area contributed by atoms with Gasteiger partial charge in [0.2, 0.25) is 0 Å². The van der Waals surface area contributed by atoms with Gasteiger partial charge in [0.25, 0.3) is 0 Å². The minimum Gasteiger partial charge on any atom is -0.381 e. The molecule has 3 nitrogen and oxygen atoms in total. The molecule has 0 bridgehead atoms. The summed E-state index contributed by atoms with van der Waals surface area (Å²) in [5.74, 6) is 0. The smallest absolute Gasteiger partial charge is 0.0546 e. The number of ether oxygens (including phenoxy) is 1. The van der Waals surface area contributed by atoms with Crippen molar-refractivity contribution >= 4 is 0 Å². The Morgan fingerprint density at radius 2 is 2.11 bits per heavy atom. The molecule has 1 aliphatic rings. The quantitative estimate of drug-likeness (QED) is 0.642. The second-order valence-electron chi connectivity index (χ2n) is 5.92. The number of hydrogen-bond acceptors (Lipinski definition) is 3. The average molecular weight is 256 g/mol. The number of nitrogens with one attached hydrogen (secondary N) is 1. The first-order valence-corrected chi connectivity index (χ1v) is 7.69. The van der Waals surface area contributed by atoms with Crippen LogP contribution in [-0.4, -0.2) is 51.3 Å². The molecule has 1 fully saturated rings. The molecule has 0 aromatic carbocycles. The molecule has 0 aromatic rings. The van der Waals surface area contributed by atoms with Crippen LogP contribution in [0.25, 0.3) is 0 Å². The van der Waals surface area contributed by atoms with E-state index in [4.69, 9.17) is 4.74 Å². The van der Waals surface area contributed by atoms with Crippen LogP contribution in [-0.2, 0) is 4.74 Å². The van der Waals surface area contributed by atoms with Gasteiger partial charge in [-0.25, -0.2) is 0 Å². The maximum Gasteiger partial charge on any atom is 0.0546 e. The average Bonchev–Trinajstić information content (AvgIpc) is 2.38. The molecule has 1 unspecified atom stereocenters. The van der Waals surface area contributed by atoms with Crippen molar-refractivity contribution in [3.63, 3.8) is 0 Å². The largest absolute Gasteiger partial charge is 0.381 e. The molecule has 18 heavy (non-hydrogen) atoms. The van der Waals surface area contributed by atoms with E-state index in [-0.39, 0.29) is 0 Å². The van der Waals surface area contributed by atoms with Crippen molar-refractivity contribution in [1.29, 1.82) is 0 Å². The van der Waals surface area contributed by atoms with Crippen LogP contribution in [0.1, 0.15) is 46.0 Å². The van der Waals surface area contributed by atoms with E-state index in [9.17, 15) is 0 Å². The fourth-order valence-electron chi connectivity index (χ4n) is 2.84. The molecule has 1 aliphatic heterocycles. The minimum absolute atomic E-state index is 0.343. The topological polar surface area (TPSA) is 24.5 Å². The molecule has 1 rings (SSSR count). The Morgan fingerprint density at radius 3 is 2.72 bits per heavy atom. The van der Waals surface area contributed by atoms with Gasteiger partial charge in [-0.05, 0) is 45.8 Å². The van der Waals surface area contributed by atoms with Crippen LogP contribution in [0, 0.1) is 5.41 Å². The molecule has 0 aliphatic carbocycles. The monoisotopic (exact) mass is 256 g/mol. The molecule has 0 spiro atoms. The zero-order valence-corrected chi connectivity index (χ0v) is 12.6. The van der Waals surface area contributed by atoms with Crippen LogP contribution in [0.15, 0.2) is 0 Å². The number of unbranched alkanes of at least 4 members (excludes halogenated alkanes) is 1. The Balaban J connectivity index is 2.42. The highest BCUT2D eigenvalue weighted by Gasteiger charge is 2.33. The first kappa shape index (κ1) is 15.9. The van der Waals surface area contributed by atoms with E-state index in [0.717, 1.165) is 26.3 Å². The van der Waals surface area contributed by atoms with Gasteiger partial charge in [-0.1, -0.05) is 20.3 Å². The molecule has 0 amide bonds. The van der Waals surface area contributed by atoms with Crippen LogP contribution in [0.3, 0.4) is 0 Å². The summed E-state index contributed by atoms with van der Waals surface area (Å²) < 4.78 is 5.75. The van der Waals surface area contributed by atoms with Gasteiger partial charge >= 0.3 is 0 Å². The normalized spacial score (nSPS) is 24.7. The minimum atomic E-state index is 0.343. The zero-order valence-electron chi connectivity index (χ0n) is 12.6. The second kappa shape index (κ2) is 8.89. The zero-order chi connectivity index (χ0) is 13.3. The molecule has 108 valence electrons. The van der Waals surface area contributed by atoms with Crippen molar-refractivity contribution in [3.05, 3.63) is 0 Å². The third-order valence-corrected chi connectivity index (χ3v) is 3.83. The summed E-state index contributed by atoms with van der Waals surface area (Å²) in [4.78, 5) is 2.49. The van der Waals surface area contributed by atoms with Crippen molar-refractivity contribution in [2.24, 2.45) is 5.41 Å². The van der Waals surface area contributed by atoms with E-state index in [1.807, 2.05) is 0 Å². The lowest BCUT2D eigenvalue weighted by Crippen LogP contribution is -2.48. The van der Waals surface area contributed by atoms with Gasteiger partial charge < -0.3 is 15.0 Å². The van der Waals surface area contributed by atoms with Crippen LogP contribution < -0.4 is 5.32 Å². The molecule has 0 aromatic heterocycles. The first-order chi connectivity index (χ1) is 8.72. The van der Waals surface area contributed by atoms with Gasteiger partial charge in [0.05, 0.1) is 6.61 Å². The van der Waals surface area contributed by atoms with E-state index in [0.29, 0.717) is 5.41 Å². The van der Waals surface area contributed by atoms with Crippen molar-refractivity contribution in [2.75, 3.05) is 46.4 Å². The maximum atomic E-state index is 5.75. The number of hydrogen-bond donors (Lipinski definition) is 1. The Bertz CT molecular complexity index is 203. The third-order valence-electron chi connectivity index (χ3n) is 3.83. The third kappa shape index (κ3) is 5.68. The molecule has 1 N–H and O–H groups in total. The molecular weight excluding hydrogens is 224 g/mol. The van der Waals surface area contributed by atoms with Crippen LogP contribution >= 0.6 is 0 Å². The fraction of sp³-hybridized carbons (Fsp3) is 1.00. The Labute approximate surface area is 113 Å². The molecule has 0 saturated carbocycles. The Kier molecular flexibility index (Phi) is 7.87. The second-order valence-corrected chi connectivity index (χ2v) is 5.92. The predicted octanol–water partition coefficient (Wildman–Crippen LogP) is 2.51. The number of nitrogens with zero attached hydrogens (tertiary/aromatic N) is 1. The highest BCUT2D eigenvalue weighted by atomic mass is 16.5. The van der Waals surface area contributed by atoms with Crippen molar-refractivity contribution in [3.8, 4) is 0 Å². The summed E-state index contributed by atoms with van der Waals surface area (Å²) in [7, 11) is 2.26. The molecular formula is C15H32N2O. The molecule has 1 heterocycles. The summed E-state index contributed by atoms with van der Waals surface area (Å²) in [6.07, 6.45) is 6.32. The lowest BCUT2D eigenvalue weighted by atomic mass is 9.81. The summed E-state index contributed by atoms with van der Waals surface area (Å²) in [6, 6.07) is 0. The van der Waals surface area contributed by atoms with Crippen molar-refractivity contribution < 1.29 is 4.74 Å².